The number of hydrogen-bond acceptors (Lipinski definition) is 2. The minimum Gasteiger partial charge on any atom is -0.492 e. The fraction of sp³-hybridized carbons (Fsp3) is 0.786. The normalized spacial score (nSPS) is 16.8. The van der Waals surface area contributed by atoms with Crippen molar-refractivity contribution >= 4 is 0 Å². The maximum absolute atomic E-state index is 9.93. The van der Waals surface area contributed by atoms with E-state index in [1.54, 1.807) is 6.33 Å². The first-order valence-electron chi connectivity index (χ1n) is 6.76. The third-order valence-corrected chi connectivity index (χ3v) is 4.00. The highest BCUT2D eigenvalue weighted by atomic mass is 16.3. The summed E-state index contributed by atoms with van der Waals surface area (Å²) in [4.78, 5) is 4.10. The molecular weight excluding hydrogens is 212 g/mol. The number of hydrogen-bond donors (Lipinski definition) is 1. The van der Waals surface area contributed by atoms with E-state index in [0.717, 1.165) is 31.4 Å². The van der Waals surface area contributed by atoms with Crippen LogP contribution in [0.15, 0.2) is 6.33 Å². The zero-order valence-electron chi connectivity index (χ0n) is 11.8. The lowest BCUT2D eigenvalue weighted by atomic mass is 9.91. The molecule has 0 spiro atoms. The molecule has 1 N–H and O–H groups in total. The molecule has 3 nitrogen and oxygen atoms in total. The molecule has 0 saturated carbocycles. The van der Waals surface area contributed by atoms with E-state index in [1.165, 1.54) is 0 Å². The minimum absolute atomic E-state index is 0.0709. The average molecular weight is 238 g/mol. The van der Waals surface area contributed by atoms with Gasteiger partial charge in [-0.15, -0.1) is 0 Å². The first kappa shape index (κ1) is 14.1. The number of aromatic nitrogens is 2. The molecular formula is C14H26N2O. The van der Waals surface area contributed by atoms with Crippen LogP contribution in [0.1, 0.15) is 71.9 Å². The summed E-state index contributed by atoms with van der Waals surface area (Å²) in [7, 11) is 0. The number of imidazole rings is 1. The van der Waals surface area contributed by atoms with Gasteiger partial charge in [-0.3, -0.25) is 0 Å². The van der Waals surface area contributed by atoms with Crippen molar-refractivity contribution in [2.75, 3.05) is 0 Å². The third kappa shape index (κ3) is 2.64. The Morgan fingerprint density at radius 2 is 2.06 bits per heavy atom. The largest absolute Gasteiger partial charge is 0.492 e. The van der Waals surface area contributed by atoms with Crippen LogP contribution in [-0.4, -0.2) is 14.7 Å². The van der Waals surface area contributed by atoms with Crippen molar-refractivity contribution in [3.63, 3.8) is 0 Å². The predicted octanol–water partition coefficient (Wildman–Crippen LogP) is 4.03. The lowest BCUT2D eigenvalue weighted by Gasteiger charge is -2.32. The van der Waals surface area contributed by atoms with Gasteiger partial charge in [-0.25, -0.2) is 4.98 Å². The molecule has 0 radical (unpaired) electrons. The number of rotatable bonds is 6. The zero-order chi connectivity index (χ0) is 13.1. The second-order valence-electron chi connectivity index (χ2n) is 5.23. The van der Waals surface area contributed by atoms with Gasteiger partial charge in [0, 0.05) is 11.5 Å². The minimum atomic E-state index is 0.0709. The maximum atomic E-state index is 9.93. The Balaban J connectivity index is 3.20. The lowest BCUT2D eigenvalue weighted by molar-refractivity contribution is 0.265. The monoisotopic (exact) mass is 238 g/mol. The van der Waals surface area contributed by atoms with Crippen LogP contribution in [0.5, 0.6) is 5.88 Å². The summed E-state index contributed by atoms with van der Waals surface area (Å²) in [6, 6.07) is 0. The Labute approximate surface area is 105 Å². The van der Waals surface area contributed by atoms with Gasteiger partial charge in [0.25, 0.3) is 0 Å². The molecule has 1 heterocycles. The second-order valence-corrected chi connectivity index (χ2v) is 5.23. The summed E-state index contributed by atoms with van der Waals surface area (Å²) in [6.45, 7) is 10.9. The van der Waals surface area contributed by atoms with E-state index in [-0.39, 0.29) is 11.4 Å². The molecule has 0 aliphatic carbocycles. The SMILES string of the molecule is CCCC(C)(CC)n1cnc(O)c1C(C)CC. The molecule has 0 amide bonds. The quantitative estimate of drug-likeness (QED) is 0.812. The molecule has 17 heavy (non-hydrogen) atoms. The Bertz CT molecular complexity index is 359. The molecule has 2 unspecified atom stereocenters. The first-order valence-corrected chi connectivity index (χ1v) is 6.76. The van der Waals surface area contributed by atoms with E-state index in [9.17, 15) is 5.11 Å². The molecule has 1 aromatic rings. The highest BCUT2D eigenvalue weighted by Gasteiger charge is 2.28. The molecule has 3 heteroatoms. The van der Waals surface area contributed by atoms with E-state index in [1.807, 2.05) is 0 Å². The van der Waals surface area contributed by atoms with Crippen LogP contribution in [0.2, 0.25) is 0 Å². The van der Waals surface area contributed by atoms with Gasteiger partial charge in [0.1, 0.15) is 0 Å². The molecule has 0 saturated heterocycles. The van der Waals surface area contributed by atoms with Crippen LogP contribution in [0.3, 0.4) is 0 Å². The smallest absolute Gasteiger partial charge is 0.232 e. The Hall–Kier alpha value is -0.990. The molecule has 0 fully saturated rings. The van der Waals surface area contributed by atoms with Crippen molar-refractivity contribution in [1.82, 2.24) is 9.55 Å². The van der Waals surface area contributed by atoms with E-state index >= 15 is 0 Å². The second kappa shape index (κ2) is 5.56. The van der Waals surface area contributed by atoms with Gasteiger partial charge in [-0.2, -0.15) is 0 Å². The van der Waals surface area contributed by atoms with Crippen LogP contribution in [-0.2, 0) is 5.54 Å². The standard InChI is InChI=1S/C14H26N2O/c1-6-9-14(5,8-3)16-10-15-13(17)12(16)11(4)7-2/h10-11,17H,6-9H2,1-5H3. The van der Waals surface area contributed by atoms with Gasteiger partial charge in [-0.05, 0) is 26.2 Å². The summed E-state index contributed by atoms with van der Waals surface area (Å²) in [5, 5.41) is 9.93. The highest BCUT2D eigenvalue weighted by Crippen LogP contribution is 2.35. The summed E-state index contributed by atoms with van der Waals surface area (Å²) in [5.41, 5.74) is 1.06. The molecule has 2 atom stereocenters. The van der Waals surface area contributed by atoms with Crippen LogP contribution in [0.4, 0.5) is 0 Å². The maximum Gasteiger partial charge on any atom is 0.232 e. The molecule has 1 aromatic heterocycles. The zero-order valence-corrected chi connectivity index (χ0v) is 11.8. The van der Waals surface area contributed by atoms with Gasteiger partial charge >= 0.3 is 0 Å². The molecule has 0 aromatic carbocycles. The van der Waals surface area contributed by atoms with Gasteiger partial charge in [0.15, 0.2) is 0 Å². The topological polar surface area (TPSA) is 38.0 Å². The van der Waals surface area contributed by atoms with Crippen LogP contribution < -0.4 is 0 Å². The van der Waals surface area contributed by atoms with Crippen molar-refractivity contribution in [2.24, 2.45) is 0 Å². The van der Waals surface area contributed by atoms with Gasteiger partial charge in [-0.1, -0.05) is 34.1 Å². The Kier molecular flexibility index (Phi) is 4.61. The average Bonchev–Trinajstić information content (AvgIpc) is 2.71. The van der Waals surface area contributed by atoms with E-state index in [2.05, 4.69) is 44.2 Å². The highest BCUT2D eigenvalue weighted by molar-refractivity contribution is 5.23. The Morgan fingerprint density at radius 3 is 2.53 bits per heavy atom. The summed E-state index contributed by atoms with van der Waals surface area (Å²) in [5.74, 6) is 0.551. The van der Waals surface area contributed by atoms with Crippen molar-refractivity contribution in [2.45, 2.75) is 71.8 Å². The summed E-state index contributed by atoms with van der Waals surface area (Å²) in [6.07, 6.45) is 6.13. The molecule has 98 valence electrons. The van der Waals surface area contributed by atoms with E-state index in [0.29, 0.717) is 5.92 Å². The predicted molar refractivity (Wildman–Crippen MR) is 71.4 cm³/mol. The van der Waals surface area contributed by atoms with Crippen LogP contribution >= 0.6 is 0 Å². The van der Waals surface area contributed by atoms with Crippen LogP contribution in [0, 0.1) is 0 Å². The van der Waals surface area contributed by atoms with Crippen molar-refractivity contribution in [3.05, 3.63) is 12.0 Å². The lowest BCUT2D eigenvalue weighted by Crippen LogP contribution is -2.30. The fourth-order valence-corrected chi connectivity index (χ4v) is 2.44. The van der Waals surface area contributed by atoms with E-state index in [4.69, 9.17) is 0 Å². The summed E-state index contributed by atoms with van der Waals surface area (Å²) >= 11 is 0. The fourth-order valence-electron chi connectivity index (χ4n) is 2.44. The van der Waals surface area contributed by atoms with Crippen molar-refractivity contribution < 1.29 is 5.11 Å². The van der Waals surface area contributed by atoms with Crippen molar-refractivity contribution in [3.8, 4) is 5.88 Å². The summed E-state index contributed by atoms with van der Waals surface area (Å²) < 4.78 is 2.19. The van der Waals surface area contributed by atoms with Crippen molar-refractivity contribution in [1.29, 1.82) is 0 Å². The number of aromatic hydroxyl groups is 1. The Morgan fingerprint density at radius 1 is 1.41 bits per heavy atom. The molecule has 0 aliphatic heterocycles. The third-order valence-electron chi connectivity index (χ3n) is 4.00. The molecule has 0 bridgehead atoms. The van der Waals surface area contributed by atoms with Gasteiger partial charge in [0.05, 0.1) is 12.0 Å². The van der Waals surface area contributed by atoms with Gasteiger partial charge in [0.2, 0.25) is 5.88 Å². The molecule has 1 rings (SSSR count). The number of nitrogens with zero attached hydrogens (tertiary/aromatic N) is 2. The van der Waals surface area contributed by atoms with Crippen LogP contribution in [0.25, 0.3) is 0 Å². The first-order chi connectivity index (χ1) is 8.00. The van der Waals surface area contributed by atoms with Gasteiger partial charge < -0.3 is 9.67 Å². The molecule has 0 aliphatic rings. The van der Waals surface area contributed by atoms with E-state index < -0.39 is 0 Å².